The van der Waals surface area contributed by atoms with Crippen molar-refractivity contribution in [2.75, 3.05) is 25.1 Å². The first-order chi connectivity index (χ1) is 11.2. The van der Waals surface area contributed by atoms with Crippen molar-refractivity contribution in [3.8, 4) is 11.5 Å². The average Bonchev–Trinajstić information content (AvgIpc) is 2.46. The molecule has 0 bridgehead atoms. The van der Waals surface area contributed by atoms with E-state index in [1.807, 2.05) is 40.7 Å². The van der Waals surface area contributed by atoms with Gasteiger partial charge in [0.2, 0.25) is 5.91 Å². The zero-order valence-electron chi connectivity index (χ0n) is 15.1. The van der Waals surface area contributed by atoms with Crippen molar-refractivity contribution in [1.29, 1.82) is 0 Å². The number of rotatable bonds is 7. The fraction of sp³-hybridized carbons (Fsp3) is 0.529. The highest BCUT2D eigenvalue weighted by molar-refractivity contribution is 5.95. The minimum absolute atomic E-state index is 0.0504. The lowest BCUT2D eigenvalue weighted by Gasteiger charge is -2.19. The van der Waals surface area contributed by atoms with Crippen LogP contribution in [0.1, 0.15) is 34.6 Å². The molecular weight excluding hydrogens is 308 g/mol. The highest BCUT2D eigenvalue weighted by Crippen LogP contribution is 2.29. The monoisotopic (exact) mass is 336 g/mol. The highest BCUT2D eigenvalue weighted by Gasteiger charge is 2.13. The Morgan fingerprint density at radius 3 is 2.46 bits per heavy atom. The molecule has 134 valence electrons. The van der Waals surface area contributed by atoms with E-state index in [0.29, 0.717) is 30.4 Å². The van der Waals surface area contributed by atoms with Crippen LogP contribution >= 0.6 is 0 Å². The number of benzene rings is 1. The number of nitrogens with one attached hydrogen (secondary N) is 2. The molecule has 0 saturated carbocycles. The molecule has 4 N–H and O–H groups in total. The van der Waals surface area contributed by atoms with Gasteiger partial charge in [-0.1, -0.05) is 0 Å². The van der Waals surface area contributed by atoms with Crippen molar-refractivity contribution in [2.24, 2.45) is 10.7 Å². The largest absolute Gasteiger partial charge is 0.494 e. The van der Waals surface area contributed by atoms with E-state index in [1.54, 1.807) is 12.1 Å². The molecule has 0 aliphatic carbocycles. The van der Waals surface area contributed by atoms with Crippen molar-refractivity contribution in [3.63, 3.8) is 0 Å². The number of ether oxygens (including phenoxy) is 2. The topological polar surface area (TPSA) is 98.0 Å². The molecule has 0 radical (unpaired) electrons. The number of hydrogen-bond donors (Lipinski definition) is 3. The van der Waals surface area contributed by atoms with Crippen LogP contribution in [0.4, 0.5) is 5.69 Å². The summed E-state index contributed by atoms with van der Waals surface area (Å²) in [4.78, 5) is 15.8. The van der Waals surface area contributed by atoms with Gasteiger partial charge in [-0.3, -0.25) is 4.79 Å². The second kappa shape index (κ2) is 9.00. The third kappa shape index (κ3) is 7.21. The minimum atomic E-state index is -0.303. The first-order valence-corrected chi connectivity index (χ1v) is 8.02. The van der Waals surface area contributed by atoms with Crippen LogP contribution in [0.15, 0.2) is 23.2 Å². The lowest BCUT2D eigenvalue weighted by atomic mass is 10.1. The predicted octanol–water partition coefficient (Wildman–Crippen LogP) is 2.13. The third-order valence-corrected chi connectivity index (χ3v) is 2.73. The van der Waals surface area contributed by atoms with Crippen LogP contribution in [0.25, 0.3) is 0 Å². The normalized spacial score (nSPS) is 11.8. The van der Waals surface area contributed by atoms with Gasteiger partial charge in [-0.2, -0.15) is 0 Å². The lowest BCUT2D eigenvalue weighted by Crippen LogP contribution is -2.42. The van der Waals surface area contributed by atoms with Crippen molar-refractivity contribution in [1.82, 2.24) is 5.32 Å². The molecular formula is C17H28N4O3. The molecule has 7 nitrogen and oxygen atoms in total. The van der Waals surface area contributed by atoms with Gasteiger partial charge in [0.15, 0.2) is 5.96 Å². The van der Waals surface area contributed by atoms with Crippen LogP contribution in [-0.2, 0) is 4.79 Å². The van der Waals surface area contributed by atoms with Gasteiger partial charge in [0.25, 0.3) is 0 Å². The van der Waals surface area contributed by atoms with Crippen LogP contribution < -0.4 is 25.8 Å². The summed E-state index contributed by atoms with van der Waals surface area (Å²) in [5.74, 6) is 1.27. The zero-order chi connectivity index (χ0) is 18.2. The van der Waals surface area contributed by atoms with E-state index in [0.717, 1.165) is 0 Å². The van der Waals surface area contributed by atoms with Crippen LogP contribution in [0.3, 0.4) is 0 Å². The maximum absolute atomic E-state index is 11.8. The first-order valence-electron chi connectivity index (χ1n) is 8.02. The molecule has 0 spiro atoms. The Morgan fingerprint density at radius 1 is 1.21 bits per heavy atom. The van der Waals surface area contributed by atoms with Crippen molar-refractivity contribution in [3.05, 3.63) is 18.2 Å². The number of carbonyl (C=O) groups excluding carboxylic acids is 1. The fourth-order valence-corrected chi connectivity index (χ4v) is 1.94. The average molecular weight is 336 g/mol. The van der Waals surface area contributed by atoms with Gasteiger partial charge in [0, 0.05) is 11.6 Å². The molecule has 24 heavy (non-hydrogen) atoms. The molecule has 0 atom stereocenters. The highest BCUT2D eigenvalue weighted by atomic mass is 16.5. The molecule has 0 aliphatic heterocycles. The summed E-state index contributed by atoms with van der Waals surface area (Å²) in [5.41, 5.74) is 6.21. The number of aliphatic imine (C=N–C) groups is 1. The Bertz CT molecular complexity index is 580. The van der Waals surface area contributed by atoms with E-state index < -0.39 is 0 Å². The zero-order valence-corrected chi connectivity index (χ0v) is 15.1. The number of anilines is 1. The lowest BCUT2D eigenvalue weighted by molar-refractivity contribution is -0.121. The smallest absolute Gasteiger partial charge is 0.242 e. The summed E-state index contributed by atoms with van der Waals surface area (Å²) >= 11 is 0. The van der Waals surface area contributed by atoms with Crippen LogP contribution in [-0.4, -0.2) is 37.2 Å². The van der Waals surface area contributed by atoms with Crippen LogP contribution in [0, 0.1) is 0 Å². The molecule has 0 aliphatic rings. The summed E-state index contributed by atoms with van der Waals surface area (Å²) in [6.07, 6.45) is 0. The van der Waals surface area contributed by atoms with Gasteiger partial charge in [0.1, 0.15) is 18.0 Å². The minimum Gasteiger partial charge on any atom is -0.494 e. The van der Waals surface area contributed by atoms with Crippen molar-refractivity contribution < 1.29 is 14.3 Å². The Balaban J connectivity index is 2.79. The van der Waals surface area contributed by atoms with E-state index in [4.69, 9.17) is 15.2 Å². The summed E-state index contributed by atoms with van der Waals surface area (Å²) in [5, 5.41) is 5.78. The molecule has 1 amide bonds. The van der Waals surface area contributed by atoms with E-state index in [2.05, 4.69) is 15.6 Å². The van der Waals surface area contributed by atoms with Crippen LogP contribution in [0.2, 0.25) is 0 Å². The summed E-state index contributed by atoms with van der Waals surface area (Å²) in [7, 11) is 0. The quantitative estimate of drug-likeness (QED) is 0.523. The maximum Gasteiger partial charge on any atom is 0.242 e. The second-order valence-electron chi connectivity index (χ2n) is 6.15. The Kier molecular flexibility index (Phi) is 7.35. The number of carbonyl (C=O) groups is 1. The van der Waals surface area contributed by atoms with E-state index >= 15 is 0 Å². The molecule has 1 rings (SSSR count). The Hall–Kier alpha value is -2.44. The molecule has 0 heterocycles. The van der Waals surface area contributed by atoms with Gasteiger partial charge in [0.05, 0.1) is 18.9 Å². The standard InChI is InChI=1S/C17H28N4O3/c1-6-23-12-8-9-14(24-7-2)13(10-12)20-16(18)19-11-15(22)21-17(3,4)5/h8-10H,6-7,11H2,1-5H3,(H,21,22)(H3,18,19,20). The number of guanidine groups is 1. The molecule has 0 aromatic heterocycles. The molecule has 1 aromatic rings. The predicted molar refractivity (Wildman–Crippen MR) is 96.8 cm³/mol. The number of hydrogen-bond acceptors (Lipinski definition) is 4. The number of amides is 1. The van der Waals surface area contributed by atoms with E-state index in [1.165, 1.54) is 0 Å². The number of nitrogens with zero attached hydrogens (tertiary/aromatic N) is 1. The third-order valence-electron chi connectivity index (χ3n) is 2.73. The molecule has 0 saturated heterocycles. The second-order valence-corrected chi connectivity index (χ2v) is 6.15. The van der Waals surface area contributed by atoms with Gasteiger partial charge in [-0.15, -0.1) is 0 Å². The number of nitrogens with two attached hydrogens (primary N) is 1. The molecule has 1 aromatic carbocycles. The SMILES string of the molecule is CCOc1ccc(OCC)c(NC(N)=NCC(=O)NC(C)(C)C)c1. The van der Waals surface area contributed by atoms with E-state index in [-0.39, 0.29) is 24.0 Å². The maximum atomic E-state index is 11.8. The molecule has 0 fully saturated rings. The van der Waals surface area contributed by atoms with Gasteiger partial charge in [-0.05, 0) is 46.8 Å². The van der Waals surface area contributed by atoms with Gasteiger partial charge >= 0.3 is 0 Å². The van der Waals surface area contributed by atoms with Crippen molar-refractivity contribution >= 4 is 17.6 Å². The first kappa shape index (κ1) is 19.6. The summed E-state index contributed by atoms with van der Waals surface area (Å²) in [6, 6.07) is 5.41. The van der Waals surface area contributed by atoms with E-state index in [9.17, 15) is 4.79 Å². The molecule has 7 heteroatoms. The fourth-order valence-electron chi connectivity index (χ4n) is 1.94. The van der Waals surface area contributed by atoms with Crippen LogP contribution in [0.5, 0.6) is 11.5 Å². The van der Waals surface area contributed by atoms with Crippen molar-refractivity contribution in [2.45, 2.75) is 40.2 Å². The molecule has 0 unspecified atom stereocenters. The Labute approximate surface area is 143 Å². The Morgan fingerprint density at radius 2 is 1.88 bits per heavy atom. The summed E-state index contributed by atoms with van der Waals surface area (Å²) in [6.45, 7) is 10.6. The summed E-state index contributed by atoms with van der Waals surface area (Å²) < 4.78 is 11.0. The van der Waals surface area contributed by atoms with Gasteiger partial charge < -0.3 is 25.8 Å². The van der Waals surface area contributed by atoms with Gasteiger partial charge in [-0.25, -0.2) is 4.99 Å².